The number of nitrogens with zero attached hydrogens (tertiary/aromatic N) is 3. The number of thiophene rings is 1. The molecule has 1 aliphatic heterocycles. The maximum absolute atomic E-state index is 12.7. The van der Waals surface area contributed by atoms with E-state index in [1.807, 2.05) is 57.2 Å². The van der Waals surface area contributed by atoms with Crippen molar-refractivity contribution in [3.8, 4) is 6.07 Å². The number of carbonyl (C=O) groups excluding carboxylic acids is 2. The molecule has 2 aromatic heterocycles. The number of nitrogens with one attached hydrogen (secondary N) is 1. The number of hydrogen-bond donors (Lipinski definition) is 1. The monoisotopic (exact) mass is 490 g/mol. The zero-order valence-electron chi connectivity index (χ0n) is 19.9. The molecule has 0 fully saturated rings. The number of hydrogen-bond acceptors (Lipinski definition) is 5. The molecule has 2 amide bonds. The van der Waals surface area contributed by atoms with Gasteiger partial charge in [0.25, 0.3) is 0 Å². The molecule has 0 bridgehead atoms. The molecule has 0 unspecified atom stereocenters. The molecule has 1 N–H and O–H groups in total. The van der Waals surface area contributed by atoms with Gasteiger partial charge in [0, 0.05) is 29.7 Å². The first-order valence-corrected chi connectivity index (χ1v) is 12.4. The molecule has 0 atom stereocenters. The number of carbonyl (C=O) groups is 2. The van der Waals surface area contributed by atoms with Crippen molar-refractivity contribution in [1.82, 2.24) is 9.88 Å². The lowest BCUT2D eigenvalue weighted by Gasteiger charge is -2.27. The van der Waals surface area contributed by atoms with Crippen LogP contribution in [0.25, 0.3) is 0 Å². The van der Waals surface area contributed by atoms with E-state index in [1.165, 1.54) is 16.9 Å². The summed E-state index contributed by atoms with van der Waals surface area (Å²) in [7, 11) is 0. The molecule has 0 saturated carbocycles. The van der Waals surface area contributed by atoms with Crippen LogP contribution in [0.15, 0.2) is 48.7 Å². The minimum absolute atomic E-state index is 0. The van der Waals surface area contributed by atoms with E-state index in [0.29, 0.717) is 42.9 Å². The van der Waals surface area contributed by atoms with Gasteiger partial charge in [-0.25, -0.2) is 0 Å². The van der Waals surface area contributed by atoms with Crippen molar-refractivity contribution in [2.24, 2.45) is 0 Å². The second kappa shape index (κ2) is 13.4. The predicted octanol–water partition coefficient (Wildman–Crippen LogP) is 5.68. The van der Waals surface area contributed by atoms with Gasteiger partial charge in [0.15, 0.2) is 0 Å². The van der Waals surface area contributed by atoms with Crippen LogP contribution in [0.4, 0.5) is 5.00 Å². The molecule has 3 aromatic rings. The molecule has 0 spiro atoms. The Hall–Kier alpha value is -3.50. The molecule has 7 heteroatoms. The van der Waals surface area contributed by atoms with Gasteiger partial charge in [0.1, 0.15) is 11.1 Å². The van der Waals surface area contributed by atoms with E-state index in [4.69, 9.17) is 0 Å². The molecule has 1 aromatic carbocycles. The molecule has 0 radical (unpaired) electrons. The minimum atomic E-state index is -0.107. The van der Waals surface area contributed by atoms with Gasteiger partial charge in [-0.1, -0.05) is 57.2 Å². The van der Waals surface area contributed by atoms with Gasteiger partial charge in [0.2, 0.25) is 11.8 Å². The van der Waals surface area contributed by atoms with E-state index < -0.39 is 0 Å². The maximum atomic E-state index is 12.7. The highest BCUT2D eigenvalue weighted by molar-refractivity contribution is 7.16. The Kier molecular flexibility index (Phi) is 10.6. The molecule has 3 heterocycles. The number of benzene rings is 1. The molecule has 184 valence electrons. The standard InChI is InChI=1S/C25H24N4O2S.C2H6.CH4/c1-17-5-4-6-18(13-17)8-9-23(30)28-25-21(15-26)20-10-12-29(16-22(20)32-25)24(31)14-19-7-2-3-11-27-19;1-2;/h2-7,11,13H,8-10,12,14,16H2,1H3,(H,28,30);1-2H3;1H4. The average Bonchev–Trinajstić information content (AvgIpc) is 3.20. The van der Waals surface area contributed by atoms with Crippen LogP contribution < -0.4 is 5.32 Å². The first-order valence-electron chi connectivity index (χ1n) is 11.6. The minimum Gasteiger partial charge on any atom is -0.337 e. The number of aryl methyl sites for hydroxylation is 2. The summed E-state index contributed by atoms with van der Waals surface area (Å²) in [6.07, 6.45) is 3.56. The molecular weight excluding hydrogens is 456 g/mol. The van der Waals surface area contributed by atoms with E-state index in [2.05, 4.69) is 22.4 Å². The molecule has 35 heavy (non-hydrogen) atoms. The Labute approximate surface area is 212 Å². The topological polar surface area (TPSA) is 86.1 Å². The fraction of sp³-hybridized carbons (Fsp3) is 0.357. The van der Waals surface area contributed by atoms with Crippen molar-refractivity contribution in [3.05, 3.63) is 81.5 Å². The Morgan fingerprint density at radius 3 is 2.69 bits per heavy atom. The Morgan fingerprint density at radius 2 is 2.00 bits per heavy atom. The van der Waals surface area contributed by atoms with Crippen LogP contribution in [0.3, 0.4) is 0 Å². The SMILES string of the molecule is C.CC.Cc1cccc(CCC(=O)Nc2sc3c(c2C#N)CCN(C(=O)Cc2ccccn2)C3)c1. The molecule has 0 aliphatic carbocycles. The van der Waals surface area contributed by atoms with Crippen LogP contribution in [0.2, 0.25) is 0 Å². The van der Waals surface area contributed by atoms with Crippen molar-refractivity contribution in [1.29, 1.82) is 5.26 Å². The highest BCUT2D eigenvalue weighted by Crippen LogP contribution is 2.37. The summed E-state index contributed by atoms with van der Waals surface area (Å²) in [6.45, 7) is 7.05. The lowest BCUT2D eigenvalue weighted by atomic mass is 10.0. The second-order valence-corrected chi connectivity index (χ2v) is 9.03. The summed E-state index contributed by atoms with van der Waals surface area (Å²) in [4.78, 5) is 32.3. The van der Waals surface area contributed by atoms with Crippen molar-refractivity contribution in [2.45, 2.75) is 60.4 Å². The van der Waals surface area contributed by atoms with E-state index in [9.17, 15) is 14.9 Å². The summed E-state index contributed by atoms with van der Waals surface area (Å²) in [5, 5.41) is 13.2. The quantitative estimate of drug-likeness (QED) is 0.481. The van der Waals surface area contributed by atoms with Crippen molar-refractivity contribution in [3.63, 3.8) is 0 Å². The third-order valence-corrected chi connectivity index (χ3v) is 6.69. The van der Waals surface area contributed by atoms with E-state index in [-0.39, 0.29) is 25.7 Å². The smallest absolute Gasteiger partial charge is 0.228 e. The van der Waals surface area contributed by atoms with Crippen LogP contribution in [0, 0.1) is 18.3 Å². The number of amides is 2. The predicted molar refractivity (Wildman–Crippen MR) is 142 cm³/mol. The van der Waals surface area contributed by atoms with Gasteiger partial charge in [-0.05, 0) is 43.0 Å². The maximum Gasteiger partial charge on any atom is 0.228 e. The normalized spacial score (nSPS) is 11.8. The number of anilines is 1. The molecule has 4 rings (SSSR count). The van der Waals surface area contributed by atoms with Crippen molar-refractivity contribution < 1.29 is 9.59 Å². The molecule has 1 aliphatic rings. The molecule has 6 nitrogen and oxygen atoms in total. The van der Waals surface area contributed by atoms with Crippen LogP contribution >= 0.6 is 11.3 Å². The zero-order chi connectivity index (χ0) is 24.5. The first-order chi connectivity index (χ1) is 16.5. The molecular formula is C28H34N4O2S. The summed E-state index contributed by atoms with van der Waals surface area (Å²) >= 11 is 1.40. The third-order valence-electron chi connectivity index (χ3n) is 5.56. The zero-order valence-corrected chi connectivity index (χ0v) is 20.7. The lowest BCUT2D eigenvalue weighted by molar-refractivity contribution is -0.131. The van der Waals surface area contributed by atoms with Gasteiger partial charge in [0.05, 0.1) is 18.5 Å². The van der Waals surface area contributed by atoms with Gasteiger partial charge in [-0.15, -0.1) is 11.3 Å². The first kappa shape index (κ1) is 27.7. The summed E-state index contributed by atoms with van der Waals surface area (Å²) in [6, 6.07) is 15.9. The Morgan fingerprint density at radius 1 is 1.20 bits per heavy atom. The van der Waals surface area contributed by atoms with E-state index >= 15 is 0 Å². The van der Waals surface area contributed by atoms with Crippen LogP contribution in [0.5, 0.6) is 0 Å². The third kappa shape index (κ3) is 7.24. The Balaban J connectivity index is 0.00000140. The van der Waals surface area contributed by atoms with Gasteiger partial charge in [-0.3, -0.25) is 14.6 Å². The number of aromatic nitrogens is 1. The van der Waals surface area contributed by atoms with Gasteiger partial charge >= 0.3 is 0 Å². The van der Waals surface area contributed by atoms with E-state index in [0.717, 1.165) is 21.7 Å². The second-order valence-electron chi connectivity index (χ2n) is 7.92. The number of pyridine rings is 1. The van der Waals surface area contributed by atoms with Gasteiger partial charge in [-0.2, -0.15) is 5.26 Å². The number of rotatable bonds is 6. The summed E-state index contributed by atoms with van der Waals surface area (Å²) < 4.78 is 0. The fourth-order valence-corrected chi connectivity index (χ4v) is 5.14. The lowest BCUT2D eigenvalue weighted by Crippen LogP contribution is -2.36. The summed E-state index contributed by atoms with van der Waals surface area (Å²) in [5.74, 6) is -0.0883. The fourth-order valence-electron chi connectivity index (χ4n) is 3.91. The van der Waals surface area contributed by atoms with Crippen molar-refractivity contribution in [2.75, 3.05) is 11.9 Å². The Bertz CT molecular complexity index is 1180. The van der Waals surface area contributed by atoms with E-state index in [1.54, 1.807) is 11.1 Å². The highest BCUT2D eigenvalue weighted by atomic mass is 32.1. The van der Waals surface area contributed by atoms with Gasteiger partial charge < -0.3 is 10.2 Å². The number of fused-ring (bicyclic) bond motifs is 1. The molecule has 0 saturated heterocycles. The van der Waals surface area contributed by atoms with Crippen molar-refractivity contribution >= 4 is 28.2 Å². The largest absolute Gasteiger partial charge is 0.337 e. The average molecular weight is 491 g/mol. The van der Waals surface area contributed by atoms with Crippen LogP contribution in [0.1, 0.15) is 60.5 Å². The van der Waals surface area contributed by atoms with Crippen LogP contribution in [-0.4, -0.2) is 28.2 Å². The number of nitriles is 1. The summed E-state index contributed by atoms with van der Waals surface area (Å²) in [5.41, 5.74) is 4.52. The van der Waals surface area contributed by atoms with Crippen LogP contribution in [-0.2, 0) is 35.4 Å². The highest BCUT2D eigenvalue weighted by Gasteiger charge is 2.27.